The first-order chi connectivity index (χ1) is 7.72. The molecule has 0 bridgehead atoms. The molecule has 0 saturated heterocycles. The van der Waals surface area contributed by atoms with Crippen LogP contribution < -0.4 is 5.32 Å². The van der Waals surface area contributed by atoms with Crippen LogP contribution in [0.1, 0.15) is 12.5 Å². The summed E-state index contributed by atoms with van der Waals surface area (Å²) in [7, 11) is 0. The minimum atomic E-state index is -0.134. The van der Waals surface area contributed by atoms with Crippen molar-refractivity contribution in [2.75, 3.05) is 0 Å². The molecule has 1 aromatic carbocycles. The molecule has 1 N–H and O–H groups in total. The number of nitrogens with one attached hydrogen (secondary N) is 1. The Morgan fingerprint density at radius 3 is 2.62 bits per heavy atom. The van der Waals surface area contributed by atoms with Crippen LogP contribution in [0.2, 0.25) is 0 Å². The summed E-state index contributed by atoms with van der Waals surface area (Å²) in [5, 5.41) is 2.78. The fourth-order valence-electron chi connectivity index (χ4n) is 1.48. The molecule has 1 atom stereocenters. The highest BCUT2D eigenvalue weighted by atomic mass is 16.1. The summed E-state index contributed by atoms with van der Waals surface area (Å²) >= 11 is 0. The van der Waals surface area contributed by atoms with Gasteiger partial charge >= 0.3 is 0 Å². The Morgan fingerprint density at radius 2 is 2.06 bits per heavy atom. The lowest BCUT2D eigenvalue weighted by Crippen LogP contribution is -2.33. The van der Waals surface area contributed by atoms with Crippen molar-refractivity contribution < 1.29 is 9.59 Å². The predicted molar refractivity (Wildman–Crippen MR) is 63.0 cm³/mol. The molecule has 84 valence electrons. The van der Waals surface area contributed by atoms with Crippen molar-refractivity contribution in [3.05, 3.63) is 48.0 Å². The second-order valence-electron chi connectivity index (χ2n) is 3.52. The first-order valence-corrected chi connectivity index (χ1v) is 5.15. The van der Waals surface area contributed by atoms with E-state index in [0.29, 0.717) is 12.7 Å². The number of hydrogen-bond donors (Lipinski definition) is 1. The molecule has 0 radical (unpaired) electrons. The van der Waals surface area contributed by atoms with E-state index in [1.54, 1.807) is 6.08 Å². The molecule has 1 rings (SSSR count). The molecule has 0 saturated carbocycles. The largest absolute Gasteiger partial charge is 0.350 e. The summed E-state index contributed by atoms with van der Waals surface area (Å²) in [6.07, 6.45) is 4.50. The number of rotatable bonds is 5. The van der Waals surface area contributed by atoms with Gasteiger partial charge in [0.1, 0.15) is 6.29 Å². The Bertz CT molecular complexity index is 371. The molecule has 0 aliphatic rings. The number of benzene rings is 1. The zero-order valence-electron chi connectivity index (χ0n) is 9.22. The summed E-state index contributed by atoms with van der Waals surface area (Å²) in [5.41, 5.74) is 1.12. The summed E-state index contributed by atoms with van der Waals surface area (Å²) in [6, 6.07) is 9.68. The van der Waals surface area contributed by atoms with Crippen molar-refractivity contribution >= 4 is 12.2 Å². The SMILES string of the molecule is CC(=O)NC(C=CC=O)Cc1ccccc1. The van der Waals surface area contributed by atoms with Gasteiger partial charge in [-0.25, -0.2) is 0 Å². The van der Waals surface area contributed by atoms with Crippen LogP contribution in [-0.2, 0) is 16.0 Å². The van der Waals surface area contributed by atoms with Crippen LogP contribution in [0.25, 0.3) is 0 Å². The second kappa shape index (κ2) is 6.56. The lowest BCUT2D eigenvalue weighted by atomic mass is 10.1. The van der Waals surface area contributed by atoms with Crippen LogP contribution in [0.3, 0.4) is 0 Å². The van der Waals surface area contributed by atoms with Gasteiger partial charge in [0.05, 0.1) is 6.04 Å². The van der Waals surface area contributed by atoms with Gasteiger partial charge in [-0.05, 0) is 18.1 Å². The molecule has 16 heavy (non-hydrogen) atoms. The Kier molecular flexibility index (Phi) is 4.99. The topological polar surface area (TPSA) is 46.2 Å². The van der Waals surface area contributed by atoms with Gasteiger partial charge in [-0.3, -0.25) is 9.59 Å². The maximum atomic E-state index is 11.0. The van der Waals surface area contributed by atoms with E-state index in [4.69, 9.17) is 0 Å². The van der Waals surface area contributed by atoms with Crippen molar-refractivity contribution in [3.63, 3.8) is 0 Å². The monoisotopic (exact) mass is 217 g/mol. The molecule has 0 aliphatic heterocycles. The second-order valence-corrected chi connectivity index (χ2v) is 3.52. The number of carbonyl (C=O) groups is 2. The van der Waals surface area contributed by atoms with Gasteiger partial charge in [-0.15, -0.1) is 0 Å². The Labute approximate surface area is 95.2 Å². The molecule has 1 aromatic rings. The average molecular weight is 217 g/mol. The van der Waals surface area contributed by atoms with Gasteiger partial charge in [-0.2, -0.15) is 0 Å². The minimum Gasteiger partial charge on any atom is -0.350 e. The summed E-state index contributed by atoms with van der Waals surface area (Å²) in [6.45, 7) is 1.47. The van der Waals surface area contributed by atoms with Crippen LogP contribution in [0.5, 0.6) is 0 Å². The van der Waals surface area contributed by atoms with Gasteiger partial charge in [0.15, 0.2) is 0 Å². The van der Waals surface area contributed by atoms with Crippen molar-refractivity contribution in [3.8, 4) is 0 Å². The molecule has 0 heterocycles. The van der Waals surface area contributed by atoms with E-state index in [-0.39, 0.29) is 11.9 Å². The highest BCUT2D eigenvalue weighted by molar-refractivity contribution is 5.74. The highest BCUT2D eigenvalue weighted by Crippen LogP contribution is 2.04. The smallest absolute Gasteiger partial charge is 0.217 e. The maximum absolute atomic E-state index is 11.0. The Morgan fingerprint density at radius 1 is 1.38 bits per heavy atom. The number of amides is 1. The number of carbonyl (C=O) groups excluding carboxylic acids is 2. The van der Waals surface area contributed by atoms with E-state index >= 15 is 0 Å². The summed E-state index contributed by atoms with van der Waals surface area (Å²) in [5.74, 6) is -0.100. The average Bonchev–Trinajstić information content (AvgIpc) is 2.26. The predicted octanol–water partition coefficient (Wildman–Crippen LogP) is 1.49. The quantitative estimate of drug-likeness (QED) is 0.600. The first kappa shape index (κ1) is 12.2. The Hall–Kier alpha value is -1.90. The summed E-state index contributed by atoms with van der Waals surface area (Å²) < 4.78 is 0. The normalized spacial score (nSPS) is 12.3. The van der Waals surface area contributed by atoms with Crippen molar-refractivity contribution in [1.82, 2.24) is 5.32 Å². The zero-order chi connectivity index (χ0) is 11.8. The third-order valence-electron chi connectivity index (χ3n) is 2.11. The number of hydrogen-bond acceptors (Lipinski definition) is 2. The van der Waals surface area contributed by atoms with E-state index in [0.717, 1.165) is 5.56 Å². The van der Waals surface area contributed by atoms with Crippen molar-refractivity contribution in [2.45, 2.75) is 19.4 Å². The van der Waals surface area contributed by atoms with Gasteiger partial charge in [0.2, 0.25) is 5.91 Å². The van der Waals surface area contributed by atoms with Crippen LogP contribution in [-0.4, -0.2) is 18.2 Å². The third-order valence-corrected chi connectivity index (χ3v) is 2.11. The van der Waals surface area contributed by atoms with E-state index in [1.165, 1.54) is 13.0 Å². The van der Waals surface area contributed by atoms with Crippen LogP contribution in [0.4, 0.5) is 0 Å². The molecule has 3 nitrogen and oxygen atoms in total. The molecule has 0 aromatic heterocycles. The van der Waals surface area contributed by atoms with Crippen molar-refractivity contribution in [1.29, 1.82) is 0 Å². The zero-order valence-corrected chi connectivity index (χ0v) is 9.22. The van der Waals surface area contributed by atoms with Gasteiger partial charge < -0.3 is 5.32 Å². The molecular weight excluding hydrogens is 202 g/mol. The van der Waals surface area contributed by atoms with E-state index in [2.05, 4.69) is 5.32 Å². The van der Waals surface area contributed by atoms with E-state index in [9.17, 15) is 9.59 Å². The first-order valence-electron chi connectivity index (χ1n) is 5.15. The third kappa shape index (κ3) is 4.55. The summed E-state index contributed by atoms with van der Waals surface area (Å²) in [4.78, 5) is 21.2. The minimum absolute atomic E-state index is 0.100. The lowest BCUT2D eigenvalue weighted by Gasteiger charge is -2.13. The molecule has 0 fully saturated rings. The fraction of sp³-hybridized carbons (Fsp3) is 0.231. The molecule has 1 amide bonds. The molecule has 0 spiro atoms. The number of aldehydes is 1. The Balaban J connectivity index is 2.66. The lowest BCUT2D eigenvalue weighted by molar-refractivity contribution is -0.119. The van der Waals surface area contributed by atoms with E-state index < -0.39 is 0 Å². The molecule has 3 heteroatoms. The van der Waals surface area contributed by atoms with Gasteiger partial charge in [-0.1, -0.05) is 36.4 Å². The molecular formula is C13H15NO2. The maximum Gasteiger partial charge on any atom is 0.217 e. The highest BCUT2D eigenvalue weighted by Gasteiger charge is 2.06. The van der Waals surface area contributed by atoms with Gasteiger partial charge in [0, 0.05) is 6.92 Å². The standard InChI is InChI=1S/C13H15NO2/c1-11(16)14-13(8-5-9-15)10-12-6-3-2-4-7-12/h2-9,13H,10H2,1H3,(H,14,16). The molecule has 0 aliphatic carbocycles. The number of allylic oxidation sites excluding steroid dienone is 1. The van der Waals surface area contributed by atoms with Gasteiger partial charge in [0.25, 0.3) is 0 Å². The molecule has 1 unspecified atom stereocenters. The van der Waals surface area contributed by atoms with E-state index in [1.807, 2.05) is 30.3 Å². The fourth-order valence-corrected chi connectivity index (χ4v) is 1.48. The van der Waals surface area contributed by atoms with Crippen LogP contribution >= 0.6 is 0 Å². The van der Waals surface area contributed by atoms with Crippen LogP contribution in [0, 0.1) is 0 Å². The van der Waals surface area contributed by atoms with Crippen LogP contribution in [0.15, 0.2) is 42.5 Å². The van der Waals surface area contributed by atoms with Crippen molar-refractivity contribution in [2.24, 2.45) is 0 Å².